The molecule has 1 aliphatic rings. The molecular formula is C19H36N2O6. The Morgan fingerprint density at radius 1 is 1.11 bits per heavy atom. The van der Waals surface area contributed by atoms with Gasteiger partial charge in [0.05, 0.1) is 6.61 Å². The molecule has 0 aliphatic carbocycles. The first-order valence-corrected chi connectivity index (χ1v) is 9.90. The zero-order chi connectivity index (χ0) is 20.2. The van der Waals surface area contributed by atoms with Gasteiger partial charge in [0.25, 0.3) is 0 Å². The van der Waals surface area contributed by atoms with Crippen LogP contribution in [0, 0.1) is 0 Å². The van der Waals surface area contributed by atoms with E-state index in [2.05, 4.69) is 0 Å². The Bertz CT molecular complexity index is 448. The molecule has 8 nitrogen and oxygen atoms in total. The molecule has 1 saturated heterocycles. The first-order chi connectivity index (χ1) is 12.9. The Morgan fingerprint density at radius 3 is 2.41 bits per heavy atom. The van der Waals surface area contributed by atoms with Crippen molar-refractivity contribution in [2.24, 2.45) is 0 Å². The highest BCUT2D eigenvalue weighted by Gasteiger charge is 2.29. The number of carbonyl (C=O) groups excluding carboxylic acids is 2. The van der Waals surface area contributed by atoms with Crippen LogP contribution in [0.5, 0.6) is 0 Å². The van der Waals surface area contributed by atoms with Gasteiger partial charge in [-0.2, -0.15) is 0 Å². The molecule has 0 aromatic carbocycles. The van der Waals surface area contributed by atoms with Gasteiger partial charge in [0, 0.05) is 53.2 Å². The van der Waals surface area contributed by atoms with E-state index in [-0.39, 0.29) is 25.0 Å². The van der Waals surface area contributed by atoms with E-state index in [1.54, 1.807) is 4.90 Å². The maximum atomic E-state index is 12.3. The molecule has 27 heavy (non-hydrogen) atoms. The summed E-state index contributed by atoms with van der Waals surface area (Å²) in [6.45, 7) is 5.79. The molecule has 0 saturated carbocycles. The molecule has 0 unspecified atom stereocenters. The Morgan fingerprint density at radius 2 is 1.78 bits per heavy atom. The fraction of sp³-hybridized carbons (Fsp3) is 0.895. The predicted octanol–water partition coefficient (Wildman–Crippen LogP) is 0.401. The molecule has 3 atom stereocenters. The second-order valence-electron chi connectivity index (χ2n) is 7.06. The van der Waals surface area contributed by atoms with Gasteiger partial charge in [0.1, 0.15) is 18.3 Å². The van der Waals surface area contributed by atoms with Crippen LogP contribution in [-0.4, -0.2) is 96.6 Å². The number of aliphatic hydroxyl groups excluding tert-OH is 2. The van der Waals surface area contributed by atoms with Crippen LogP contribution in [0.25, 0.3) is 0 Å². The summed E-state index contributed by atoms with van der Waals surface area (Å²) in [4.78, 5) is 27.8. The van der Waals surface area contributed by atoms with Crippen LogP contribution in [0.4, 0.5) is 0 Å². The predicted molar refractivity (Wildman–Crippen MR) is 101 cm³/mol. The summed E-state index contributed by atoms with van der Waals surface area (Å²) < 4.78 is 10.8. The van der Waals surface area contributed by atoms with Gasteiger partial charge in [0.2, 0.25) is 11.8 Å². The number of methoxy groups -OCH3 is 1. The van der Waals surface area contributed by atoms with E-state index in [0.29, 0.717) is 39.1 Å². The van der Waals surface area contributed by atoms with Gasteiger partial charge in [0.15, 0.2) is 0 Å². The highest BCUT2D eigenvalue weighted by molar-refractivity contribution is 5.76. The Kier molecular flexibility index (Phi) is 11.5. The SMILES string of the molecule is CCCC(=O)N1CCCCOC[C@H](O)[C@H](O)[C@@H](OC)CN(C(C)=O)CCC1. The van der Waals surface area contributed by atoms with E-state index in [1.807, 2.05) is 11.8 Å². The first-order valence-electron chi connectivity index (χ1n) is 9.90. The van der Waals surface area contributed by atoms with Crippen molar-refractivity contribution >= 4 is 11.8 Å². The number of ether oxygens (including phenoxy) is 2. The average Bonchev–Trinajstić information content (AvgIpc) is 2.64. The summed E-state index contributed by atoms with van der Waals surface area (Å²) in [5.74, 6) is 0.00321. The van der Waals surface area contributed by atoms with Crippen molar-refractivity contribution in [2.75, 3.05) is 46.5 Å². The van der Waals surface area contributed by atoms with Gasteiger partial charge in [-0.15, -0.1) is 0 Å². The van der Waals surface area contributed by atoms with Gasteiger partial charge in [-0.3, -0.25) is 9.59 Å². The zero-order valence-electron chi connectivity index (χ0n) is 16.9. The van der Waals surface area contributed by atoms with Gasteiger partial charge >= 0.3 is 0 Å². The van der Waals surface area contributed by atoms with E-state index < -0.39 is 18.3 Å². The third kappa shape index (κ3) is 8.55. The smallest absolute Gasteiger partial charge is 0.222 e. The van der Waals surface area contributed by atoms with Crippen molar-refractivity contribution in [3.63, 3.8) is 0 Å². The van der Waals surface area contributed by atoms with Crippen LogP contribution in [-0.2, 0) is 19.1 Å². The summed E-state index contributed by atoms with van der Waals surface area (Å²) in [7, 11) is 1.44. The number of aliphatic hydroxyl groups is 2. The molecule has 8 heteroatoms. The Balaban J connectivity index is 2.83. The lowest BCUT2D eigenvalue weighted by Gasteiger charge is -2.31. The number of hydrogen-bond acceptors (Lipinski definition) is 6. The van der Waals surface area contributed by atoms with E-state index >= 15 is 0 Å². The molecule has 0 aromatic rings. The minimum absolute atomic E-state index is 0.000419. The molecule has 0 spiro atoms. The Hall–Kier alpha value is -1.22. The van der Waals surface area contributed by atoms with Crippen molar-refractivity contribution in [3.8, 4) is 0 Å². The lowest BCUT2D eigenvalue weighted by Crippen LogP contribution is -2.48. The monoisotopic (exact) mass is 388 g/mol. The van der Waals surface area contributed by atoms with Crippen molar-refractivity contribution in [1.29, 1.82) is 0 Å². The third-order valence-electron chi connectivity index (χ3n) is 4.85. The summed E-state index contributed by atoms with van der Waals surface area (Å²) in [6, 6.07) is 0. The number of rotatable bonds is 3. The van der Waals surface area contributed by atoms with Crippen LogP contribution in [0.2, 0.25) is 0 Å². The van der Waals surface area contributed by atoms with Gasteiger partial charge < -0.3 is 29.5 Å². The average molecular weight is 389 g/mol. The zero-order valence-corrected chi connectivity index (χ0v) is 16.9. The van der Waals surface area contributed by atoms with Gasteiger partial charge in [-0.05, 0) is 25.7 Å². The topological polar surface area (TPSA) is 99.5 Å². The van der Waals surface area contributed by atoms with E-state index in [0.717, 1.165) is 19.3 Å². The second-order valence-corrected chi connectivity index (χ2v) is 7.06. The van der Waals surface area contributed by atoms with Crippen molar-refractivity contribution in [3.05, 3.63) is 0 Å². The lowest BCUT2D eigenvalue weighted by atomic mass is 10.1. The fourth-order valence-corrected chi connectivity index (χ4v) is 3.16. The molecule has 0 radical (unpaired) electrons. The molecule has 0 aromatic heterocycles. The van der Waals surface area contributed by atoms with Crippen LogP contribution in [0.15, 0.2) is 0 Å². The molecule has 158 valence electrons. The summed E-state index contributed by atoms with van der Waals surface area (Å²) in [6.07, 6.45) is 0.620. The minimum Gasteiger partial charge on any atom is -0.388 e. The maximum absolute atomic E-state index is 12.3. The van der Waals surface area contributed by atoms with Gasteiger partial charge in [-0.25, -0.2) is 0 Å². The van der Waals surface area contributed by atoms with Crippen molar-refractivity contribution in [2.45, 2.75) is 64.3 Å². The van der Waals surface area contributed by atoms with Crippen LogP contribution in [0.1, 0.15) is 46.0 Å². The molecule has 1 aliphatic heterocycles. The third-order valence-corrected chi connectivity index (χ3v) is 4.85. The quantitative estimate of drug-likeness (QED) is 0.726. The second kappa shape index (κ2) is 13.0. The molecule has 1 rings (SSSR count). The summed E-state index contributed by atoms with van der Waals surface area (Å²) in [5.41, 5.74) is 0. The largest absolute Gasteiger partial charge is 0.388 e. The first kappa shape index (κ1) is 23.8. The van der Waals surface area contributed by atoms with Crippen LogP contribution in [0.3, 0.4) is 0 Å². The number of nitrogens with zero attached hydrogens (tertiary/aromatic N) is 2. The van der Waals surface area contributed by atoms with Crippen LogP contribution >= 0.6 is 0 Å². The fourth-order valence-electron chi connectivity index (χ4n) is 3.16. The number of hydrogen-bond donors (Lipinski definition) is 2. The normalized spacial score (nSPS) is 26.9. The molecule has 1 fully saturated rings. The highest BCUT2D eigenvalue weighted by atomic mass is 16.5. The molecule has 0 bridgehead atoms. The summed E-state index contributed by atoms with van der Waals surface area (Å²) >= 11 is 0. The maximum Gasteiger partial charge on any atom is 0.222 e. The van der Waals surface area contributed by atoms with Gasteiger partial charge in [-0.1, -0.05) is 6.92 Å². The van der Waals surface area contributed by atoms with E-state index in [4.69, 9.17) is 9.47 Å². The van der Waals surface area contributed by atoms with E-state index in [1.165, 1.54) is 14.0 Å². The number of carbonyl (C=O) groups is 2. The minimum atomic E-state index is -1.15. The van der Waals surface area contributed by atoms with Crippen molar-refractivity contribution < 1.29 is 29.3 Å². The lowest BCUT2D eigenvalue weighted by molar-refractivity contribution is -0.136. The Labute approximate surface area is 162 Å². The molecular weight excluding hydrogens is 352 g/mol. The number of amides is 2. The highest BCUT2D eigenvalue weighted by Crippen LogP contribution is 2.10. The molecule has 2 N–H and O–H groups in total. The molecule has 1 heterocycles. The van der Waals surface area contributed by atoms with Crippen LogP contribution < -0.4 is 0 Å². The standard InChI is InChI=1S/C19H36N2O6/c1-4-8-18(24)20-9-5-6-12-27-14-16(23)19(25)17(26-3)13-21(15(2)22)11-7-10-20/h16-17,19,23,25H,4-14H2,1-3H3/t16-,17-,19-/m0/s1. The van der Waals surface area contributed by atoms with Crippen molar-refractivity contribution in [1.82, 2.24) is 9.80 Å². The molecule has 2 amide bonds. The summed E-state index contributed by atoms with van der Waals surface area (Å²) in [5, 5.41) is 20.5. The van der Waals surface area contributed by atoms with E-state index in [9.17, 15) is 19.8 Å².